The van der Waals surface area contributed by atoms with Crippen LogP contribution in [0, 0.1) is 6.92 Å². The van der Waals surface area contributed by atoms with Crippen LogP contribution in [-0.2, 0) is 6.42 Å². The summed E-state index contributed by atoms with van der Waals surface area (Å²) in [6.45, 7) is 5.11. The Kier molecular flexibility index (Phi) is 5.19. The van der Waals surface area contributed by atoms with E-state index < -0.39 is 0 Å². The Bertz CT molecular complexity index is 804. The van der Waals surface area contributed by atoms with E-state index in [4.69, 9.17) is 21.1 Å². The number of benzene rings is 2. The molecule has 0 fully saturated rings. The maximum atomic E-state index is 13.1. The van der Waals surface area contributed by atoms with Crippen LogP contribution >= 0.6 is 11.6 Å². The molecule has 0 N–H and O–H groups in total. The summed E-state index contributed by atoms with van der Waals surface area (Å²) in [5.41, 5.74) is 3.90. The van der Waals surface area contributed by atoms with E-state index in [2.05, 4.69) is 13.0 Å². The maximum Gasteiger partial charge on any atom is 0.258 e. The summed E-state index contributed by atoms with van der Waals surface area (Å²) in [7, 11) is 1.54. The van der Waals surface area contributed by atoms with Crippen LogP contribution in [0.2, 0.25) is 5.02 Å². The van der Waals surface area contributed by atoms with Crippen LogP contribution in [0.3, 0.4) is 0 Å². The van der Waals surface area contributed by atoms with Gasteiger partial charge in [0.15, 0.2) is 11.5 Å². The predicted molar refractivity (Wildman–Crippen MR) is 100 cm³/mol. The number of anilines is 1. The second-order valence-electron chi connectivity index (χ2n) is 6.11. The van der Waals surface area contributed by atoms with E-state index in [1.165, 1.54) is 11.1 Å². The molecule has 0 bridgehead atoms. The van der Waals surface area contributed by atoms with E-state index in [9.17, 15) is 4.79 Å². The number of ether oxygens (including phenoxy) is 2. The van der Waals surface area contributed by atoms with Gasteiger partial charge in [-0.15, -0.1) is 0 Å². The van der Waals surface area contributed by atoms with Gasteiger partial charge in [-0.3, -0.25) is 4.79 Å². The fraction of sp³-hybridized carbons (Fsp3) is 0.350. The standard InChI is InChI=1S/C20H22ClNO3/c1-4-25-19-16(21)11-15(12-18(19)24-3)20(23)22-9-5-6-14-10-13(2)7-8-17(14)22/h7-8,10-12H,4-6,9H2,1-3H3. The number of rotatable bonds is 4. The molecule has 0 atom stereocenters. The molecule has 0 spiro atoms. The molecule has 0 saturated carbocycles. The summed E-state index contributed by atoms with van der Waals surface area (Å²) in [6, 6.07) is 9.56. The summed E-state index contributed by atoms with van der Waals surface area (Å²) in [4.78, 5) is 14.9. The number of amides is 1. The second-order valence-corrected chi connectivity index (χ2v) is 6.52. The fourth-order valence-electron chi connectivity index (χ4n) is 3.22. The number of aryl methyl sites for hydroxylation is 2. The summed E-state index contributed by atoms with van der Waals surface area (Å²) >= 11 is 6.32. The molecule has 3 rings (SSSR count). The third kappa shape index (κ3) is 3.45. The summed E-state index contributed by atoms with van der Waals surface area (Å²) in [5.74, 6) is 0.866. The zero-order valence-corrected chi connectivity index (χ0v) is 15.5. The van der Waals surface area contributed by atoms with Gasteiger partial charge < -0.3 is 14.4 Å². The van der Waals surface area contributed by atoms with Crippen molar-refractivity contribution < 1.29 is 14.3 Å². The monoisotopic (exact) mass is 359 g/mol. The molecule has 2 aromatic carbocycles. The third-order valence-corrected chi connectivity index (χ3v) is 4.64. The Morgan fingerprint density at radius 2 is 2.08 bits per heavy atom. The van der Waals surface area contributed by atoms with Crippen LogP contribution in [0.5, 0.6) is 11.5 Å². The van der Waals surface area contributed by atoms with Crippen molar-refractivity contribution in [3.8, 4) is 11.5 Å². The first-order valence-corrected chi connectivity index (χ1v) is 8.84. The summed E-state index contributed by atoms with van der Waals surface area (Å²) < 4.78 is 10.9. The van der Waals surface area contributed by atoms with Gasteiger partial charge in [0.25, 0.3) is 5.91 Å². The number of carbonyl (C=O) groups is 1. The number of nitrogens with zero attached hydrogens (tertiary/aromatic N) is 1. The Labute approximate surface area is 153 Å². The van der Waals surface area contributed by atoms with Crippen molar-refractivity contribution in [2.45, 2.75) is 26.7 Å². The Balaban J connectivity index is 1.98. The quantitative estimate of drug-likeness (QED) is 0.797. The van der Waals surface area contributed by atoms with Gasteiger partial charge in [0.1, 0.15) is 0 Å². The lowest BCUT2D eigenvalue weighted by Gasteiger charge is -2.30. The number of hydrogen-bond donors (Lipinski definition) is 0. The molecule has 0 aromatic heterocycles. The van der Waals surface area contributed by atoms with Gasteiger partial charge in [-0.1, -0.05) is 29.3 Å². The lowest BCUT2D eigenvalue weighted by Crippen LogP contribution is -2.35. The smallest absolute Gasteiger partial charge is 0.258 e. The zero-order chi connectivity index (χ0) is 18.0. The number of carbonyl (C=O) groups excluding carboxylic acids is 1. The van der Waals surface area contributed by atoms with Gasteiger partial charge in [0, 0.05) is 17.8 Å². The van der Waals surface area contributed by atoms with Crippen molar-refractivity contribution in [3.05, 3.63) is 52.0 Å². The minimum atomic E-state index is -0.0759. The molecular weight excluding hydrogens is 338 g/mol. The van der Waals surface area contributed by atoms with Gasteiger partial charge >= 0.3 is 0 Å². The van der Waals surface area contributed by atoms with E-state index in [-0.39, 0.29) is 5.91 Å². The highest BCUT2D eigenvalue weighted by Crippen LogP contribution is 2.37. The minimum Gasteiger partial charge on any atom is -0.493 e. The van der Waals surface area contributed by atoms with E-state index in [0.29, 0.717) is 35.2 Å². The van der Waals surface area contributed by atoms with Crippen molar-refractivity contribution in [3.63, 3.8) is 0 Å². The van der Waals surface area contributed by atoms with E-state index in [1.807, 2.05) is 24.0 Å². The second kappa shape index (κ2) is 7.36. The first-order valence-electron chi connectivity index (χ1n) is 8.47. The molecule has 1 amide bonds. The van der Waals surface area contributed by atoms with Crippen molar-refractivity contribution in [1.82, 2.24) is 0 Å². The van der Waals surface area contributed by atoms with Crippen molar-refractivity contribution >= 4 is 23.2 Å². The van der Waals surface area contributed by atoms with Gasteiger partial charge in [-0.2, -0.15) is 0 Å². The molecule has 1 heterocycles. The highest BCUT2D eigenvalue weighted by molar-refractivity contribution is 6.32. The van der Waals surface area contributed by atoms with E-state index in [1.54, 1.807) is 19.2 Å². The Hall–Kier alpha value is -2.20. The number of halogens is 1. The van der Waals surface area contributed by atoms with Crippen LogP contribution in [-0.4, -0.2) is 26.2 Å². The van der Waals surface area contributed by atoms with Gasteiger partial charge in [0.2, 0.25) is 0 Å². The van der Waals surface area contributed by atoms with Crippen LogP contribution in [0.4, 0.5) is 5.69 Å². The normalized spacial score (nSPS) is 13.4. The number of hydrogen-bond acceptors (Lipinski definition) is 3. The molecule has 5 heteroatoms. The highest BCUT2D eigenvalue weighted by atomic mass is 35.5. The molecule has 132 valence electrons. The molecule has 0 unspecified atom stereocenters. The summed E-state index contributed by atoms with van der Waals surface area (Å²) in [5, 5.41) is 0.380. The maximum absolute atomic E-state index is 13.1. The van der Waals surface area contributed by atoms with E-state index in [0.717, 1.165) is 18.5 Å². The molecular formula is C20H22ClNO3. The third-order valence-electron chi connectivity index (χ3n) is 4.36. The van der Waals surface area contributed by atoms with Crippen LogP contribution in [0.25, 0.3) is 0 Å². The van der Waals surface area contributed by atoms with Gasteiger partial charge in [-0.05, 0) is 50.5 Å². The molecule has 1 aliphatic heterocycles. The Morgan fingerprint density at radius 1 is 1.28 bits per heavy atom. The lowest BCUT2D eigenvalue weighted by molar-refractivity contribution is 0.0984. The van der Waals surface area contributed by atoms with Crippen LogP contribution in [0.15, 0.2) is 30.3 Å². The Morgan fingerprint density at radius 3 is 2.80 bits per heavy atom. The average molecular weight is 360 g/mol. The average Bonchev–Trinajstić information content (AvgIpc) is 2.61. The fourth-order valence-corrected chi connectivity index (χ4v) is 3.49. The zero-order valence-electron chi connectivity index (χ0n) is 14.8. The molecule has 4 nitrogen and oxygen atoms in total. The van der Waals surface area contributed by atoms with Crippen LogP contribution in [0.1, 0.15) is 34.8 Å². The van der Waals surface area contributed by atoms with Crippen molar-refractivity contribution in [1.29, 1.82) is 0 Å². The molecule has 25 heavy (non-hydrogen) atoms. The van der Waals surface area contributed by atoms with Crippen molar-refractivity contribution in [2.24, 2.45) is 0 Å². The molecule has 2 aromatic rings. The molecule has 0 saturated heterocycles. The van der Waals surface area contributed by atoms with Crippen LogP contribution < -0.4 is 14.4 Å². The number of fused-ring (bicyclic) bond motifs is 1. The predicted octanol–water partition coefficient (Wildman–Crippen LogP) is 4.65. The molecule has 1 aliphatic rings. The molecule has 0 aliphatic carbocycles. The lowest BCUT2D eigenvalue weighted by atomic mass is 9.98. The van der Waals surface area contributed by atoms with Crippen molar-refractivity contribution in [2.75, 3.05) is 25.2 Å². The summed E-state index contributed by atoms with van der Waals surface area (Å²) in [6.07, 6.45) is 1.94. The molecule has 0 radical (unpaired) electrons. The first-order chi connectivity index (χ1) is 12.0. The van der Waals surface area contributed by atoms with Gasteiger partial charge in [0.05, 0.1) is 18.7 Å². The van der Waals surface area contributed by atoms with E-state index >= 15 is 0 Å². The topological polar surface area (TPSA) is 38.8 Å². The largest absolute Gasteiger partial charge is 0.493 e. The van der Waals surface area contributed by atoms with Gasteiger partial charge in [-0.25, -0.2) is 0 Å². The highest BCUT2D eigenvalue weighted by Gasteiger charge is 2.25. The SMILES string of the molecule is CCOc1c(Cl)cc(C(=O)N2CCCc3cc(C)ccc32)cc1OC. The first kappa shape index (κ1) is 17.6. The minimum absolute atomic E-state index is 0.0759. The number of methoxy groups -OCH3 is 1.